The van der Waals surface area contributed by atoms with E-state index in [0.717, 1.165) is 55.5 Å². The van der Waals surface area contributed by atoms with E-state index in [1.54, 1.807) is 28.4 Å². The van der Waals surface area contributed by atoms with E-state index in [9.17, 15) is 0 Å². The molecule has 0 saturated heterocycles. The number of hydrogen-bond donors (Lipinski definition) is 0. The van der Waals surface area contributed by atoms with E-state index in [1.165, 1.54) is 16.7 Å². The molecule has 1 aliphatic heterocycles. The summed E-state index contributed by atoms with van der Waals surface area (Å²) in [4.78, 5) is 2.47. The van der Waals surface area contributed by atoms with Crippen LogP contribution in [0.25, 0.3) is 0 Å². The summed E-state index contributed by atoms with van der Waals surface area (Å²) >= 11 is 0. The number of nitrogens with zero attached hydrogens (tertiary/aromatic N) is 1. The maximum atomic E-state index is 5.45. The fraction of sp³-hybridized carbons (Fsp3) is 0.429. The summed E-state index contributed by atoms with van der Waals surface area (Å²) in [5.74, 6) is 3.26. The number of fused-ring (bicyclic) bond motifs is 1. The summed E-state index contributed by atoms with van der Waals surface area (Å²) in [6.45, 7) is 2.87. The average Bonchev–Trinajstić information content (AvgIpc) is 2.88. The predicted molar refractivity (Wildman–Crippen MR) is 102 cm³/mol. The zero-order valence-electron chi connectivity index (χ0n) is 16.0. The van der Waals surface area contributed by atoms with Gasteiger partial charge in [-0.15, -0.1) is 0 Å². The highest BCUT2D eigenvalue weighted by molar-refractivity contribution is 5.48. The van der Waals surface area contributed by atoms with Crippen LogP contribution in [0.15, 0.2) is 30.3 Å². The van der Waals surface area contributed by atoms with E-state index in [1.807, 2.05) is 6.07 Å². The van der Waals surface area contributed by atoms with Gasteiger partial charge in [0.15, 0.2) is 11.5 Å². The van der Waals surface area contributed by atoms with Crippen molar-refractivity contribution in [3.8, 4) is 23.0 Å². The van der Waals surface area contributed by atoms with Crippen molar-refractivity contribution in [2.24, 2.45) is 0 Å². The second-order valence-corrected chi connectivity index (χ2v) is 6.47. The Bertz CT molecular complexity index is 703. The van der Waals surface area contributed by atoms with Gasteiger partial charge in [0.1, 0.15) is 11.5 Å². The third-order valence-electron chi connectivity index (χ3n) is 4.92. The van der Waals surface area contributed by atoms with Crippen molar-refractivity contribution in [3.63, 3.8) is 0 Å². The quantitative estimate of drug-likeness (QED) is 0.793. The van der Waals surface area contributed by atoms with Crippen molar-refractivity contribution in [2.45, 2.75) is 19.4 Å². The first-order chi connectivity index (χ1) is 12.7. The molecule has 0 amide bonds. The molecule has 26 heavy (non-hydrogen) atoms. The van der Waals surface area contributed by atoms with Crippen LogP contribution >= 0.6 is 0 Å². The third-order valence-corrected chi connectivity index (χ3v) is 4.92. The van der Waals surface area contributed by atoms with Crippen molar-refractivity contribution in [1.82, 2.24) is 4.90 Å². The molecule has 5 nitrogen and oxygen atoms in total. The summed E-state index contributed by atoms with van der Waals surface area (Å²) in [6.07, 6.45) is 1.99. The van der Waals surface area contributed by atoms with Gasteiger partial charge in [-0.25, -0.2) is 0 Å². The number of benzene rings is 2. The first kappa shape index (κ1) is 18.4. The highest BCUT2D eigenvalue weighted by Gasteiger charge is 2.18. The van der Waals surface area contributed by atoms with Crippen LogP contribution in [0.4, 0.5) is 0 Å². The van der Waals surface area contributed by atoms with Crippen LogP contribution in [-0.4, -0.2) is 46.4 Å². The molecule has 0 atom stereocenters. The molecule has 0 aromatic heterocycles. The normalized spacial score (nSPS) is 14.3. The number of rotatable bonds is 6. The Labute approximate surface area is 155 Å². The Morgan fingerprint density at radius 1 is 0.692 bits per heavy atom. The van der Waals surface area contributed by atoms with Gasteiger partial charge in [0, 0.05) is 25.7 Å². The van der Waals surface area contributed by atoms with E-state index in [0.29, 0.717) is 0 Å². The molecule has 0 saturated carbocycles. The maximum Gasteiger partial charge on any atom is 0.161 e. The van der Waals surface area contributed by atoms with E-state index in [-0.39, 0.29) is 0 Å². The summed E-state index contributed by atoms with van der Waals surface area (Å²) in [7, 11) is 6.73. The van der Waals surface area contributed by atoms with Gasteiger partial charge in [0.2, 0.25) is 0 Å². The Morgan fingerprint density at radius 2 is 1.19 bits per heavy atom. The molecule has 0 unspecified atom stereocenters. The van der Waals surface area contributed by atoms with Crippen molar-refractivity contribution < 1.29 is 18.9 Å². The molecule has 2 aromatic rings. The molecule has 5 heteroatoms. The molecule has 0 N–H and O–H groups in total. The van der Waals surface area contributed by atoms with Crippen LogP contribution in [0.2, 0.25) is 0 Å². The average molecular weight is 357 g/mol. The lowest BCUT2D eigenvalue weighted by Gasteiger charge is -2.20. The smallest absolute Gasteiger partial charge is 0.161 e. The van der Waals surface area contributed by atoms with Gasteiger partial charge in [-0.3, -0.25) is 4.90 Å². The van der Waals surface area contributed by atoms with Gasteiger partial charge in [-0.05, 0) is 53.8 Å². The minimum atomic E-state index is 0.803. The number of hydrogen-bond acceptors (Lipinski definition) is 5. The van der Waals surface area contributed by atoms with Gasteiger partial charge in [0.05, 0.1) is 28.4 Å². The van der Waals surface area contributed by atoms with Crippen molar-refractivity contribution in [3.05, 3.63) is 47.0 Å². The second-order valence-electron chi connectivity index (χ2n) is 6.47. The van der Waals surface area contributed by atoms with Crippen LogP contribution in [0, 0.1) is 0 Å². The highest BCUT2D eigenvalue weighted by Crippen LogP contribution is 2.32. The maximum absolute atomic E-state index is 5.45. The lowest BCUT2D eigenvalue weighted by molar-refractivity contribution is 0.278. The van der Waals surface area contributed by atoms with E-state index >= 15 is 0 Å². The lowest BCUT2D eigenvalue weighted by Crippen LogP contribution is -2.25. The van der Waals surface area contributed by atoms with E-state index in [2.05, 4.69) is 29.2 Å². The van der Waals surface area contributed by atoms with Gasteiger partial charge < -0.3 is 18.9 Å². The van der Waals surface area contributed by atoms with Crippen LogP contribution < -0.4 is 18.9 Å². The van der Waals surface area contributed by atoms with Gasteiger partial charge >= 0.3 is 0 Å². The van der Waals surface area contributed by atoms with Gasteiger partial charge in [-0.2, -0.15) is 0 Å². The van der Waals surface area contributed by atoms with Crippen molar-refractivity contribution >= 4 is 0 Å². The molecular formula is C21H27NO4. The number of methoxy groups -OCH3 is 4. The summed E-state index contributed by atoms with van der Waals surface area (Å²) in [5.41, 5.74) is 3.88. The molecule has 0 radical (unpaired) electrons. The van der Waals surface area contributed by atoms with Crippen LogP contribution in [-0.2, 0) is 19.4 Å². The van der Waals surface area contributed by atoms with Gasteiger partial charge in [-0.1, -0.05) is 0 Å². The third kappa shape index (κ3) is 4.05. The second kappa shape index (κ2) is 8.32. The Morgan fingerprint density at radius 3 is 1.62 bits per heavy atom. The molecule has 0 fully saturated rings. The van der Waals surface area contributed by atoms with Gasteiger partial charge in [0.25, 0.3) is 0 Å². The molecular weight excluding hydrogens is 330 g/mol. The zero-order valence-corrected chi connectivity index (χ0v) is 16.0. The van der Waals surface area contributed by atoms with Crippen molar-refractivity contribution in [1.29, 1.82) is 0 Å². The SMILES string of the molecule is COc1cc(CN2CCc3cc(OC)c(OC)cc3CC2)cc(OC)c1. The van der Waals surface area contributed by atoms with E-state index < -0.39 is 0 Å². The molecule has 2 aromatic carbocycles. The summed E-state index contributed by atoms with van der Waals surface area (Å²) < 4.78 is 21.7. The molecule has 140 valence electrons. The summed E-state index contributed by atoms with van der Waals surface area (Å²) in [6, 6.07) is 10.3. The largest absolute Gasteiger partial charge is 0.497 e. The Kier molecular flexibility index (Phi) is 5.89. The molecule has 0 spiro atoms. The van der Waals surface area contributed by atoms with Crippen LogP contribution in [0.1, 0.15) is 16.7 Å². The van der Waals surface area contributed by atoms with Crippen molar-refractivity contribution in [2.75, 3.05) is 41.5 Å². The predicted octanol–water partition coefficient (Wildman–Crippen LogP) is 3.32. The minimum Gasteiger partial charge on any atom is -0.497 e. The molecule has 0 bridgehead atoms. The zero-order chi connectivity index (χ0) is 18.5. The van der Waals surface area contributed by atoms with E-state index in [4.69, 9.17) is 18.9 Å². The first-order valence-corrected chi connectivity index (χ1v) is 8.85. The van der Waals surface area contributed by atoms with Crippen LogP contribution in [0.3, 0.4) is 0 Å². The molecule has 1 heterocycles. The fourth-order valence-electron chi connectivity index (χ4n) is 3.47. The van der Waals surface area contributed by atoms with Crippen LogP contribution in [0.5, 0.6) is 23.0 Å². The monoisotopic (exact) mass is 357 g/mol. The lowest BCUT2D eigenvalue weighted by atomic mass is 10.0. The topological polar surface area (TPSA) is 40.2 Å². The molecule has 3 rings (SSSR count). The Balaban J connectivity index is 1.75. The number of ether oxygens (including phenoxy) is 4. The Hall–Kier alpha value is -2.40. The fourth-order valence-corrected chi connectivity index (χ4v) is 3.47. The highest BCUT2D eigenvalue weighted by atomic mass is 16.5. The minimum absolute atomic E-state index is 0.803. The standard InChI is InChI=1S/C21H27NO4/c1-23-18-9-15(10-19(13-18)24-2)14-22-7-5-16-11-20(25-3)21(26-4)12-17(16)6-8-22/h9-13H,5-8,14H2,1-4H3. The molecule has 1 aliphatic rings. The molecule has 0 aliphatic carbocycles. The summed E-state index contributed by atoms with van der Waals surface area (Å²) in [5, 5.41) is 0. The first-order valence-electron chi connectivity index (χ1n) is 8.85.